The summed E-state index contributed by atoms with van der Waals surface area (Å²) in [4.78, 5) is 12.4. The van der Waals surface area contributed by atoms with Gasteiger partial charge in [0.2, 0.25) is 0 Å². The van der Waals surface area contributed by atoms with Gasteiger partial charge in [0, 0.05) is 23.6 Å². The molecule has 2 N–H and O–H groups in total. The van der Waals surface area contributed by atoms with Gasteiger partial charge >= 0.3 is 0 Å². The van der Waals surface area contributed by atoms with Crippen LogP contribution in [-0.2, 0) is 0 Å². The van der Waals surface area contributed by atoms with E-state index < -0.39 is 0 Å². The molecule has 0 bridgehead atoms. The first-order chi connectivity index (χ1) is 8.89. The number of benzene rings is 1. The highest BCUT2D eigenvalue weighted by atomic mass is 32.2. The highest BCUT2D eigenvalue weighted by molar-refractivity contribution is 7.98. The lowest BCUT2D eigenvalue weighted by Crippen LogP contribution is -2.34. The Labute approximate surface area is 117 Å². The summed E-state index contributed by atoms with van der Waals surface area (Å²) in [6, 6.07) is 4.33. The monoisotopic (exact) mass is 285 g/mol. The minimum atomic E-state index is -0.315. The minimum absolute atomic E-state index is 0.0933. The van der Waals surface area contributed by atoms with E-state index in [0.29, 0.717) is 23.4 Å². The third kappa shape index (κ3) is 4.84. The molecule has 0 fully saturated rings. The van der Waals surface area contributed by atoms with Crippen LogP contribution >= 0.6 is 11.8 Å². The Morgan fingerprint density at radius 3 is 2.74 bits per heavy atom. The lowest BCUT2D eigenvalue weighted by atomic mass is 9.89. The fourth-order valence-corrected chi connectivity index (χ4v) is 2.12. The first-order valence-electron chi connectivity index (χ1n) is 6.12. The van der Waals surface area contributed by atoms with Gasteiger partial charge in [0.1, 0.15) is 5.82 Å². The van der Waals surface area contributed by atoms with Gasteiger partial charge < -0.3 is 10.4 Å². The third-order valence-corrected chi connectivity index (χ3v) is 3.68. The Morgan fingerprint density at radius 1 is 1.47 bits per heavy atom. The molecule has 0 saturated heterocycles. The van der Waals surface area contributed by atoms with E-state index >= 15 is 0 Å². The first-order valence-corrected chi connectivity index (χ1v) is 7.35. The number of carbonyl (C=O) groups is 1. The molecule has 0 unspecified atom stereocenters. The van der Waals surface area contributed by atoms with Crippen LogP contribution in [0.25, 0.3) is 0 Å². The molecule has 0 aliphatic rings. The van der Waals surface area contributed by atoms with Crippen molar-refractivity contribution >= 4 is 17.7 Å². The van der Waals surface area contributed by atoms with E-state index in [-0.39, 0.29) is 23.7 Å². The molecule has 0 aliphatic heterocycles. The molecule has 0 radical (unpaired) electrons. The van der Waals surface area contributed by atoms with E-state index in [1.807, 2.05) is 13.8 Å². The summed E-state index contributed by atoms with van der Waals surface area (Å²) >= 11 is 1.27. The highest BCUT2D eigenvalue weighted by Gasteiger charge is 2.19. The fraction of sp³-hybridized carbons (Fsp3) is 0.500. The Hall–Kier alpha value is -1.07. The van der Waals surface area contributed by atoms with Crippen LogP contribution < -0.4 is 5.32 Å². The van der Waals surface area contributed by atoms with Crippen LogP contribution in [0.4, 0.5) is 4.39 Å². The number of aliphatic hydroxyl groups is 1. The fourth-order valence-electron chi connectivity index (χ4n) is 1.61. The van der Waals surface area contributed by atoms with E-state index in [2.05, 4.69) is 5.32 Å². The Bertz CT molecular complexity index is 449. The predicted octanol–water partition coefficient (Wildman–Crippen LogP) is 2.69. The number of carbonyl (C=O) groups excluding carboxylic acids is 1. The van der Waals surface area contributed by atoms with Gasteiger partial charge in [0.05, 0.1) is 0 Å². The molecule has 0 saturated carbocycles. The molecule has 1 aromatic carbocycles. The quantitative estimate of drug-likeness (QED) is 0.790. The van der Waals surface area contributed by atoms with Crippen molar-refractivity contribution in [1.29, 1.82) is 0 Å². The second-order valence-corrected chi connectivity index (χ2v) is 6.02. The molecule has 1 amide bonds. The lowest BCUT2D eigenvalue weighted by Gasteiger charge is -2.23. The van der Waals surface area contributed by atoms with E-state index in [0.717, 1.165) is 0 Å². The number of nitrogens with one attached hydrogen (secondary N) is 1. The molecule has 0 aliphatic carbocycles. The van der Waals surface area contributed by atoms with Crippen molar-refractivity contribution in [2.75, 3.05) is 19.4 Å². The van der Waals surface area contributed by atoms with Gasteiger partial charge in [-0.1, -0.05) is 13.8 Å². The topological polar surface area (TPSA) is 49.3 Å². The van der Waals surface area contributed by atoms with Crippen molar-refractivity contribution in [3.63, 3.8) is 0 Å². The molecular weight excluding hydrogens is 265 g/mol. The first kappa shape index (κ1) is 16.0. The standard InChI is InChI=1S/C14H20FNO2S/c1-14(2,6-7-17)9-16-13(18)10-4-5-11(15)12(8-10)19-3/h4-5,8,17H,6-7,9H2,1-3H3,(H,16,18). The van der Waals surface area contributed by atoms with Gasteiger partial charge in [-0.25, -0.2) is 4.39 Å². The van der Waals surface area contributed by atoms with Crippen LogP contribution in [0, 0.1) is 11.2 Å². The summed E-state index contributed by atoms with van der Waals surface area (Å²) in [5.41, 5.74) is 0.290. The van der Waals surface area contributed by atoms with Crippen molar-refractivity contribution in [2.24, 2.45) is 5.41 Å². The summed E-state index contributed by atoms with van der Waals surface area (Å²) < 4.78 is 13.3. The van der Waals surface area contributed by atoms with Gasteiger partial charge in [-0.05, 0) is 36.3 Å². The summed E-state index contributed by atoms with van der Waals surface area (Å²) in [5.74, 6) is -0.536. The van der Waals surface area contributed by atoms with E-state index in [1.165, 1.54) is 23.9 Å². The number of aliphatic hydroxyl groups excluding tert-OH is 1. The Morgan fingerprint density at radius 2 is 2.16 bits per heavy atom. The third-order valence-electron chi connectivity index (χ3n) is 2.93. The molecule has 5 heteroatoms. The van der Waals surface area contributed by atoms with Crippen LogP contribution in [-0.4, -0.2) is 30.4 Å². The summed E-state index contributed by atoms with van der Waals surface area (Å²) in [6.45, 7) is 4.51. The number of hydrogen-bond donors (Lipinski definition) is 2. The van der Waals surface area contributed by atoms with Crippen molar-refractivity contribution < 1.29 is 14.3 Å². The lowest BCUT2D eigenvalue weighted by molar-refractivity contribution is 0.0928. The van der Waals surface area contributed by atoms with Gasteiger partial charge in [-0.15, -0.1) is 11.8 Å². The maximum absolute atomic E-state index is 13.3. The number of thioether (sulfide) groups is 1. The molecule has 0 heterocycles. The molecule has 1 rings (SSSR count). The number of amides is 1. The van der Waals surface area contributed by atoms with Crippen molar-refractivity contribution in [1.82, 2.24) is 5.32 Å². The Balaban J connectivity index is 2.68. The normalized spacial score (nSPS) is 11.4. The minimum Gasteiger partial charge on any atom is -0.396 e. The average Bonchev–Trinajstić information content (AvgIpc) is 2.36. The van der Waals surface area contributed by atoms with Crippen LogP contribution in [0.15, 0.2) is 23.1 Å². The molecule has 19 heavy (non-hydrogen) atoms. The largest absolute Gasteiger partial charge is 0.396 e. The van der Waals surface area contributed by atoms with E-state index in [9.17, 15) is 9.18 Å². The van der Waals surface area contributed by atoms with Crippen molar-refractivity contribution in [3.8, 4) is 0 Å². The molecule has 106 valence electrons. The number of rotatable bonds is 6. The van der Waals surface area contributed by atoms with Crippen molar-refractivity contribution in [3.05, 3.63) is 29.6 Å². The number of halogens is 1. The molecule has 0 atom stereocenters. The molecule has 3 nitrogen and oxygen atoms in total. The SMILES string of the molecule is CSc1cc(C(=O)NCC(C)(C)CCO)ccc1F. The van der Waals surface area contributed by atoms with Crippen LogP contribution in [0.1, 0.15) is 30.6 Å². The average molecular weight is 285 g/mol. The molecule has 0 spiro atoms. The zero-order valence-corrected chi connectivity index (χ0v) is 12.3. The van der Waals surface area contributed by atoms with Gasteiger partial charge in [-0.3, -0.25) is 4.79 Å². The van der Waals surface area contributed by atoms with E-state index in [4.69, 9.17) is 5.11 Å². The zero-order valence-electron chi connectivity index (χ0n) is 11.5. The molecule has 0 aromatic heterocycles. The summed E-state index contributed by atoms with van der Waals surface area (Å²) in [7, 11) is 0. The van der Waals surface area contributed by atoms with Gasteiger partial charge in [-0.2, -0.15) is 0 Å². The maximum Gasteiger partial charge on any atom is 0.251 e. The zero-order chi connectivity index (χ0) is 14.5. The smallest absolute Gasteiger partial charge is 0.251 e. The second kappa shape index (κ2) is 6.91. The maximum atomic E-state index is 13.3. The van der Waals surface area contributed by atoms with Crippen molar-refractivity contribution in [2.45, 2.75) is 25.2 Å². The van der Waals surface area contributed by atoms with Gasteiger partial charge in [0.25, 0.3) is 5.91 Å². The number of hydrogen-bond acceptors (Lipinski definition) is 3. The van der Waals surface area contributed by atoms with Crippen LogP contribution in [0.5, 0.6) is 0 Å². The molecule has 1 aromatic rings. The van der Waals surface area contributed by atoms with Gasteiger partial charge in [0.15, 0.2) is 0 Å². The van der Waals surface area contributed by atoms with Crippen LogP contribution in [0.3, 0.4) is 0 Å². The van der Waals surface area contributed by atoms with E-state index in [1.54, 1.807) is 12.3 Å². The predicted molar refractivity (Wildman–Crippen MR) is 76.0 cm³/mol. The molecular formula is C14H20FNO2S. The Kier molecular flexibility index (Phi) is 5.82. The highest BCUT2D eigenvalue weighted by Crippen LogP contribution is 2.21. The summed E-state index contributed by atoms with van der Waals surface area (Å²) in [6.07, 6.45) is 2.39. The second-order valence-electron chi connectivity index (χ2n) is 5.17. The van der Waals surface area contributed by atoms with Crippen LogP contribution in [0.2, 0.25) is 0 Å². The summed E-state index contributed by atoms with van der Waals surface area (Å²) in [5, 5.41) is 11.7.